The molecule has 0 amide bonds. The fourth-order valence-electron chi connectivity index (χ4n) is 4.29. The summed E-state index contributed by atoms with van der Waals surface area (Å²) >= 11 is 0. The zero-order valence-electron chi connectivity index (χ0n) is 17.7. The molecule has 0 saturated heterocycles. The topological polar surface area (TPSA) is 67.9 Å². The van der Waals surface area contributed by atoms with Gasteiger partial charge >= 0.3 is 0 Å². The Hall–Kier alpha value is -2.53. The minimum absolute atomic E-state index is 0.0178. The Kier molecular flexibility index (Phi) is 5.26. The Bertz CT molecular complexity index is 1070. The van der Waals surface area contributed by atoms with Crippen LogP contribution in [0.4, 0.5) is 0 Å². The van der Waals surface area contributed by atoms with Crippen LogP contribution in [0.5, 0.6) is 0 Å². The van der Waals surface area contributed by atoms with Gasteiger partial charge in [0.15, 0.2) is 5.43 Å². The van der Waals surface area contributed by atoms with Crippen LogP contribution in [-0.2, 0) is 10.2 Å². The number of pyridine rings is 3. The van der Waals surface area contributed by atoms with E-state index in [1.165, 1.54) is 5.56 Å². The van der Waals surface area contributed by atoms with Gasteiger partial charge in [0, 0.05) is 48.4 Å². The molecule has 5 nitrogen and oxygen atoms in total. The largest absolute Gasteiger partial charge is 0.381 e. The van der Waals surface area contributed by atoms with Crippen LogP contribution in [0.2, 0.25) is 0 Å². The molecule has 1 N–H and O–H groups in total. The minimum Gasteiger partial charge on any atom is -0.381 e. The number of fused-ring (bicyclic) bond motifs is 1. The zero-order chi connectivity index (χ0) is 20.6. The van der Waals surface area contributed by atoms with E-state index in [1.54, 1.807) is 25.6 Å². The average molecular weight is 392 g/mol. The number of aromatic nitrogens is 3. The fraction of sp³-hybridized carbons (Fsp3) is 0.458. The van der Waals surface area contributed by atoms with E-state index in [9.17, 15) is 4.79 Å². The van der Waals surface area contributed by atoms with Gasteiger partial charge in [0.2, 0.25) is 0 Å². The van der Waals surface area contributed by atoms with Crippen LogP contribution in [0.1, 0.15) is 63.6 Å². The summed E-state index contributed by atoms with van der Waals surface area (Å²) in [5.41, 5.74) is 4.97. The van der Waals surface area contributed by atoms with Crippen LogP contribution in [0, 0.1) is 0 Å². The van der Waals surface area contributed by atoms with Gasteiger partial charge in [-0.05, 0) is 49.3 Å². The van der Waals surface area contributed by atoms with Crippen LogP contribution >= 0.6 is 0 Å². The quantitative estimate of drug-likeness (QED) is 0.685. The maximum absolute atomic E-state index is 12.7. The van der Waals surface area contributed by atoms with Gasteiger partial charge < -0.3 is 9.72 Å². The van der Waals surface area contributed by atoms with Gasteiger partial charge in [0.05, 0.1) is 22.7 Å². The fourth-order valence-corrected chi connectivity index (χ4v) is 4.29. The Morgan fingerprint density at radius 2 is 1.86 bits per heavy atom. The van der Waals surface area contributed by atoms with E-state index < -0.39 is 0 Å². The highest BCUT2D eigenvalue weighted by atomic mass is 16.5. The molecular formula is C24H29N3O2. The van der Waals surface area contributed by atoms with Gasteiger partial charge in [-0.3, -0.25) is 14.8 Å². The number of methoxy groups -OCH3 is 1. The van der Waals surface area contributed by atoms with Crippen LogP contribution in [0.15, 0.2) is 41.6 Å². The first-order valence-electron chi connectivity index (χ1n) is 10.4. The number of hydrogen-bond acceptors (Lipinski definition) is 4. The summed E-state index contributed by atoms with van der Waals surface area (Å²) < 4.78 is 5.57. The molecule has 0 bridgehead atoms. The summed E-state index contributed by atoms with van der Waals surface area (Å²) in [5.74, 6) is 0.442. The van der Waals surface area contributed by atoms with Crippen molar-refractivity contribution < 1.29 is 4.74 Å². The van der Waals surface area contributed by atoms with E-state index in [0.29, 0.717) is 17.4 Å². The lowest BCUT2D eigenvalue weighted by atomic mass is 9.79. The zero-order valence-corrected chi connectivity index (χ0v) is 17.7. The standard InChI is InChI=1S/C24H29N3O2/c1-24(2,3)23-11-17(15-5-7-16(29-4)8-6-15)18(14-26-23)21-12-22(28)19-13-25-10-9-20(19)27-21/h9-16H,5-8H2,1-4H3,(H,27,28). The molecule has 1 aliphatic carbocycles. The first-order chi connectivity index (χ1) is 13.9. The highest BCUT2D eigenvalue weighted by molar-refractivity contribution is 5.81. The number of nitrogens with one attached hydrogen (secondary N) is 1. The van der Waals surface area contributed by atoms with Gasteiger partial charge in [-0.1, -0.05) is 20.8 Å². The van der Waals surface area contributed by atoms with E-state index in [0.717, 1.165) is 48.2 Å². The monoisotopic (exact) mass is 391 g/mol. The smallest absolute Gasteiger partial charge is 0.191 e. The van der Waals surface area contributed by atoms with Crippen molar-refractivity contribution in [3.05, 3.63) is 58.3 Å². The third-order valence-electron chi connectivity index (χ3n) is 6.07. The molecular weight excluding hydrogens is 362 g/mol. The molecule has 1 saturated carbocycles. The van der Waals surface area contributed by atoms with Crippen LogP contribution in [0.3, 0.4) is 0 Å². The first-order valence-corrected chi connectivity index (χ1v) is 10.4. The average Bonchev–Trinajstić information content (AvgIpc) is 2.73. The summed E-state index contributed by atoms with van der Waals surface area (Å²) in [6, 6.07) is 5.78. The predicted octanol–water partition coefficient (Wildman–Crippen LogP) is 4.96. The number of rotatable bonds is 3. The second-order valence-corrected chi connectivity index (χ2v) is 9.08. The third kappa shape index (κ3) is 3.97. The van der Waals surface area contributed by atoms with Crippen molar-refractivity contribution in [2.45, 2.75) is 63.9 Å². The van der Waals surface area contributed by atoms with Gasteiger partial charge in [0.1, 0.15) is 0 Å². The molecule has 1 aliphatic rings. The Morgan fingerprint density at radius 3 is 2.55 bits per heavy atom. The lowest BCUT2D eigenvalue weighted by Gasteiger charge is -2.30. The molecule has 0 aromatic carbocycles. The van der Waals surface area contributed by atoms with Gasteiger partial charge in [-0.25, -0.2) is 0 Å². The molecule has 3 heterocycles. The van der Waals surface area contributed by atoms with E-state index in [4.69, 9.17) is 9.72 Å². The maximum atomic E-state index is 12.7. The minimum atomic E-state index is -0.0283. The van der Waals surface area contributed by atoms with Crippen molar-refractivity contribution in [1.29, 1.82) is 0 Å². The molecule has 3 aromatic rings. The molecule has 4 rings (SSSR count). The second kappa shape index (κ2) is 7.71. The molecule has 0 atom stereocenters. The molecule has 0 radical (unpaired) electrons. The van der Waals surface area contributed by atoms with Crippen LogP contribution in [-0.4, -0.2) is 28.2 Å². The number of hydrogen-bond donors (Lipinski definition) is 1. The molecule has 0 unspecified atom stereocenters. The molecule has 1 fully saturated rings. The third-order valence-corrected chi connectivity index (χ3v) is 6.07. The van der Waals surface area contributed by atoms with E-state index >= 15 is 0 Å². The van der Waals surface area contributed by atoms with E-state index in [-0.39, 0.29) is 10.8 Å². The highest BCUT2D eigenvalue weighted by Crippen LogP contribution is 2.39. The van der Waals surface area contributed by atoms with Gasteiger partial charge in [-0.2, -0.15) is 0 Å². The number of H-pyrrole nitrogens is 1. The lowest BCUT2D eigenvalue weighted by molar-refractivity contribution is 0.0659. The predicted molar refractivity (Wildman–Crippen MR) is 116 cm³/mol. The SMILES string of the molecule is COC1CCC(c2cc(C(C)(C)C)ncc2-c2cc(=O)c3cnccc3[nH]2)CC1. The Labute approximate surface area is 171 Å². The van der Waals surface area contributed by atoms with Crippen molar-refractivity contribution in [3.8, 4) is 11.3 Å². The molecule has 3 aromatic heterocycles. The lowest BCUT2D eigenvalue weighted by Crippen LogP contribution is -2.21. The molecule has 29 heavy (non-hydrogen) atoms. The maximum Gasteiger partial charge on any atom is 0.191 e. The summed E-state index contributed by atoms with van der Waals surface area (Å²) in [5, 5.41) is 0.609. The van der Waals surface area contributed by atoms with Crippen molar-refractivity contribution in [1.82, 2.24) is 15.0 Å². The molecule has 5 heteroatoms. The number of aromatic amines is 1. The molecule has 0 spiro atoms. The van der Waals surface area contributed by atoms with Crippen LogP contribution in [0.25, 0.3) is 22.2 Å². The van der Waals surface area contributed by atoms with Crippen molar-refractivity contribution in [2.24, 2.45) is 0 Å². The Balaban J connectivity index is 1.84. The highest BCUT2D eigenvalue weighted by Gasteiger charge is 2.27. The van der Waals surface area contributed by atoms with Crippen molar-refractivity contribution in [3.63, 3.8) is 0 Å². The summed E-state index contributed by atoms with van der Waals surface area (Å²) in [4.78, 5) is 24.9. The molecule has 0 aliphatic heterocycles. The number of nitrogens with zero attached hydrogens (tertiary/aromatic N) is 2. The summed E-state index contributed by atoms with van der Waals surface area (Å²) in [6.07, 6.45) is 9.91. The van der Waals surface area contributed by atoms with Gasteiger partial charge in [0.25, 0.3) is 0 Å². The Morgan fingerprint density at radius 1 is 1.10 bits per heavy atom. The van der Waals surface area contributed by atoms with Crippen LogP contribution < -0.4 is 5.43 Å². The molecule has 152 valence electrons. The summed E-state index contributed by atoms with van der Waals surface area (Å²) in [7, 11) is 1.80. The first kappa shape index (κ1) is 19.8. The van der Waals surface area contributed by atoms with E-state index in [2.05, 4.69) is 36.8 Å². The summed E-state index contributed by atoms with van der Waals surface area (Å²) in [6.45, 7) is 6.56. The number of ether oxygens (including phenoxy) is 1. The second-order valence-electron chi connectivity index (χ2n) is 9.08. The van der Waals surface area contributed by atoms with Gasteiger partial charge in [-0.15, -0.1) is 0 Å². The van der Waals surface area contributed by atoms with Crippen molar-refractivity contribution in [2.75, 3.05) is 7.11 Å². The normalized spacial score (nSPS) is 20.1. The van der Waals surface area contributed by atoms with Crippen molar-refractivity contribution >= 4 is 10.9 Å². The van der Waals surface area contributed by atoms with E-state index in [1.807, 2.05) is 12.3 Å².